The first-order valence-corrected chi connectivity index (χ1v) is 3.69. The Morgan fingerprint density at radius 1 is 1.45 bits per heavy atom. The fraction of sp³-hybridized carbons (Fsp3) is 0.400. The molecule has 0 rings (SSSR count). The molecule has 0 bridgehead atoms. The molecule has 1 nitrogen and oxygen atoms in total. The average molecular weight is 152 g/mol. The Morgan fingerprint density at radius 3 is 2.27 bits per heavy atom. The van der Waals surface area contributed by atoms with Crippen LogP contribution in [0.15, 0.2) is 36.6 Å². The van der Waals surface area contributed by atoms with Gasteiger partial charge in [0.1, 0.15) is 5.76 Å². The van der Waals surface area contributed by atoms with Gasteiger partial charge in [0.05, 0.1) is 7.11 Å². The van der Waals surface area contributed by atoms with Crippen LogP contribution in [0.2, 0.25) is 0 Å². The van der Waals surface area contributed by atoms with Crippen LogP contribution in [0.5, 0.6) is 0 Å². The van der Waals surface area contributed by atoms with Crippen molar-refractivity contribution in [2.45, 2.75) is 13.8 Å². The second kappa shape index (κ2) is 4.78. The molecule has 0 spiro atoms. The van der Waals surface area contributed by atoms with Gasteiger partial charge in [-0.25, -0.2) is 0 Å². The van der Waals surface area contributed by atoms with Gasteiger partial charge >= 0.3 is 0 Å². The summed E-state index contributed by atoms with van der Waals surface area (Å²) in [6.07, 6.45) is 3.52. The van der Waals surface area contributed by atoms with Crippen molar-refractivity contribution in [2.75, 3.05) is 7.11 Å². The van der Waals surface area contributed by atoms with E-state index < -0.39 is 0 Å². The van der Waals surface area contributed by atoms with Gasteiger partial charge in [-0.1, -0.05) is 33.1 Å². The lowest BCUT2D eigenvalue weighted by atomic mass is 10.0. The highest BCUT2D eigenvalue weighted by atomic mass is 16.5. The van der Waals surface area contributed by atoms with Gasteiger partial charge in [0.15, 0.2) is 0 Å². The zero-order valence-electron chi connectivity index (χ0n) is 7.55. The SMILES string of the molecule is C=C/C=C(/OC)C(=C)C(C)C. The van der Waals surface area contributed by atoms with Gasteiger partial charge in [-0.15, -0.1) is 0 Å². The molecule has 0 unspecified atom stereocenters. The van der Waals surface area contributed by atoms with Gasteiger partial charge in [-0.05, 0) is 17.6 Å². The van der Waals surface area contributed by atoms with Gasteiger partial charge in [0, 0.05) is 0 Å². The van der Waals surface area contributed by atoms with E-state index in [0.29, 0.717) is 5.92 Å². The summed E-state index contributed by atoms with van der Waals surface area (Å²) in [6, 6.07) is 0. The van der Waals surface area contributed by atoms with Gasteiger partial charge in [-0.2, -0.15) is 0 Å². The van der Waals surface area contributed by atoms with Gasteiger partial charge < -0.3 is 4.74 Å². The molecule has 0 N–H and O–H groups in total. The molecule has 0 aromatic rings. The summed E-state index contributed by atoms with van der Waals surface area (Å²) in [6.45, 7) is 11.7. The largest absolute Gasteiger partial charge is 0.496 e. The van der Waals surface area contributed by atoms with Gasteiger partial charge in [0.2, 0.25) is 0 Å². The van der Waals surface area contributed by atoms with Crippen LogP contribution in [0.3, 0.4) is 0 Å². The Morgan fingerprint density at radius 2 is 2.00 bits per heavy atom. The fourth-order valence-electron chi connectivity index (χ4n) is 0.698. The van der Waals surface area contributed by atoms with Crippen molar-refractivity contribution in [1.29, 1.82) is 0 Å². The highest BCUT2D eigenvalue weighted by molar-refractivity contribution is 5.27. The van der Waals surface area contributed by atoms with Gasteiger partial charge in [-0.3, -0.25) is 0 Å². The Bertz CT molecular complexity index is 175. The lowest BCUT2D eigenvalue weighted by Crippen LogP contribution is -1.98. The predicted octanol–water partition coefficient (Wildman–Crippen LogP) is 2.91. The third-order valence-corrected chi connectivity index (χ3v) is 1.50. The third-order valence-electron chi connectivity index (χ3n) is 1.50. The van der Waals surface area contributed by atoms with E-state index in [1.807, 2.05) is 6.08 Å². The molecule has 0 heterocycles. The third kappa shape index (κ3) is 3.08. The lowest BCUT2D eigenvalue weighted by molar-refractivity contribution is 0.295. The summed E-state index contributed by atoms with van der Waals surface area (Å²) in [4.78, 5) is 0. The zero-order valence-corrected chi connectivity index (χ0v) is 7.55. The maximum Gasteiger partial charge on any atom is 0.121 e. The summed E-state index contributed by atoms with van der Waals surface area (Å²) < 4.78 is 5.10. The molecule has 0 aliphatic heterocycles. The van der Waals surface area contributed by atoms with Crippen molar-refractivity contribution in [3.8, 4) is 0 Å². The van der Waals surface area contributed by atoms with E-state index in [0.717, 1.165) is 11.3 Å². The Balaban J connectivity index is 4.38. The first kappa shape index (κ1) is 10.0. The minimum Gasteiger partial charge on any atom is -0.496 e. The van der Waals surface area contributed by atoms with Crippen molar-refractivity contribution in [3.63, 3.8) is 0 Å². The van der Waals surface area contributed by atoms with E-state index in [1.165, 1.54) is 0 Å². The summed E-state index contributed by atoms with van der Waals surface area (Å²) in [5, 5.41) is 0. The number of ether oxygens (including phenoxy) is 1. The van der Waals surface area contributed by atoms with Crippen LogP contribution >= 0.6 is 0 Å². The molecule has 0 amide bonds. The molecular formula is C10H16O. The number of methoxy groups -OCH3 is 1. The van der Waals surface area contributed by atoms with E-state index in [-0.39, 0.29) is 0 Å². The van der Waals surface area contributed by atoms with Crippen LogP contribution in [-0.2, 0) is 4.74 Å². The van der Waals surface area contributed by atoms with E-state index >= 15 is 0 Å². The fourth-order valence-corrected chi connectivity index (χ4v) is 0.698. The maximum atomic E-state index is 5.10. The highest BCUT2D eigenvalue weighted by Gasteiger charge is 2.04. The molecule has 0 atom stereocenters. The molecule has 0 aromatic heterocycles. The standard InChI is InChI=1S/C10H16O/c1-6-7-10(11-5)9(4)8(2)3/h6-8H,1,4H2,2-3,5H3/b10-7+. The first-order valence-electron chi connectivity index (χ1n) is 3.69. The Hall–Kier alpha value is -0.980. The van der Waals surface area contributed by atoms with E-state index in [9.17, 15) is 0 Å². The minimum absolute atomic E-state index is 0.418. The summed E-state index contributed by atoms with van der Waals surface area (Å²) in [5.41, 5.74) is 1.01. The van der Waals surface area contributed by atoms with Crippen LogP contribution in [0.4, 0.5) is 0 Å². The van der Waals surface area contributed by atoms with Crippen molar-refractivity contribution in [2.24, 2.45) is 5.92 Å². The molecule has 11 heavy (non-hydrogen) atoms. The maximum absolute atomic E-state index is 5.10. The average Bonchev–Trinajstić information content (AvgIpc) is 1.98. The molecule has 0 saturated heterocycles. The Kier molecular flexibility index (Phi) is 4.35. The molecule has 0 fully saturated rings. The summed E-state index contributed by atoms with van der Waals surface area (Å²) in [7, 11) is 1.64. The highest BCUT2D eigenvalue weighted by Crippen LogP contribution is 2.17. The van der Waals surface area contributed by atoms with E-state index in [2.05, 4.69) is 27.0 Å². The minimum atomic E-state index is 0.418. The molecule has 0 aromatic carbocycles. The van der Waals surface area contributed by atoms with Gasteiger partial charge in [0.25, 0.3) is 0 Å². The van der Waals surface area contributed by atoms with Crippen LogP contribution < -0.4 is 0 Å². The molecule has 0 radical (unpaired) electrons. The van der Waals surface area contributed by atoms with Crippen LogP contribution in [0, 0.1) is 5.92 Å². The van der Waals surface area contributed by atoms with E-state index in [4.69, 9.17) is 4.74 Å². The van der Waals surface area contributed by atoms with E-state index in [1.54, 1.807) is 13.2 Å². The lowest BCUT2D eigenvalue weighted by Gasteiger charge is -2.11. The Labute approximate surface area is 69.1 Å². The smallest absolute Gasteiger partial charge is 0.121 e. The molecule has 0 aliphatic rings. The second-order valence-corrected chi connectivity index (χ2v) is 2.65. The first-order chi connectivity index (χ1) is 5.13. The zero-order chi connectivity index (χ0) is 8.85. The second-order valence-electron chi connectivity index (χ2n) is 2.65. The van der Waals surface area contributed by atoms with Crippen molar-refractivity contribution in [3.05, 3.63) is 36.6 Å². The molecule has 0 aliphatic carbocycles. The number of hydrogen-bond donors (Lipinski definition) is 0. The molecule has 1 heteroatoms. The quantitative estimate of drug-likeness (QED) is 0.444. The van der Waals surface area contributed by atoms with Crippen LogP contribution in [0.25, 0.3) is 0 Å². The topological polar surface area (TPSA) is 9.23 Å². The molecule has 62 valence electrons. The van der Waals surface area contributed by atoms with Crippen LogP contribution in [-0.4, -0.2) is 7.11 Å². The van der Waals surface area contributed by atoms with Crippen molar-refractivity contribution < 1.29 is 4.74 Å². The van der Waals surface area contributed by atoms with Crippen molar-refractivity contribution in [1.82, 2.24) is 0 Å². The predicted molar refractivity (Wildman–Crippen MR) is 49.3 cm³/mol. The van der Waals surface area contributed by atoms with Crippen molar-refractivity contribution >= 4 is 0 Å². The molecule has 0 saturated carbocycles. The normalized spacial score (nSPS) is 11.5. The monoisotopic (exact) mass is 152 g/mol. The van der Waals surface area contributed by atoms with Crippen LogP contribution in [0.1, 0.15) is 13.8 Å². The molecular weight excluding hydrogens is 136 g/mol. The number of rotatable bonds is 4. The number of hydrogen-bond acceptors (Lipinski definition) is 1. The number of allylic oxidation sites excluding steroid dienone is 3. The summed E-state index contributed by atoms with van der Waals surface area (Å²) >= 11 is 0. The summed E-state index contributed by atoms with van der Waals surface area (Å²) in [5.74, 6) is 1.23.